The van der Waals surface area contributed by atoms with Crippen molar-refractivity contribution in [1.82, 2.24) is 0 Å². The Bertz CT molecular complexity index is 441. The molecular weight excluding hydrogens is 232 g/mol. The van der Waals surface area contributed by atoms with E-state index in [2.05, 4.69) is 4.74 Å². The Morgan fingerprint density at radius 3 is 2.89 bits per heavy atom. The molecule has 0 aromatic heterocycles. The Labute approximate surface area is 107 Å². The van der Waals surface area contributed by atoms with E-state index in [1.165, 1.54) is 12.7 Å². The fourth-order valence-electron chi connectivity index (χ4n) is 2.55. The van der Waals surface area contributed by atoms with Gasteiger partial charge in [-0.05, 0) is 42.5 Å². The lowest BCUT2D eigenvalue weighted by molar-refractivity contribution is -0.151. The fourth-order valence-corrected chi connectivity index (χ4v) is 2.55. The molecule has 1 aromatic carbocycles. The summed E-state index contributed by atoms with van der Waals surface area (Å²) in [6.45, 7) is 0. The van der Waals surface area contributed by atoms with Gasteiger partial charge in [-0.2, -0.15) is 0 Å². The zero-order valence-electron chi connectivity index (χ0n) is 10.7. The number of fused-ring (bicyclic) bond motifs is 1. The molecule has 0 amide bonds. The molecule has 1 aliphatic rings. The lowest BCUT2D eigenvalue weighted by Crippen LogP contribution is -2.31. The standard InChI is InChI=1S/C14H18O4/c1-17-10-7-6-9-4-3-5-11(12(9)8-10)13(15)14(16)18-2/h6-8,11,13,15H,3-5H2,1-2H3. The molecule has 1 aromatic rings. The molecule has 4 heteroatoms. The normalized spacial score (nSPS) is 19.8. The van der Waals surface area contributed by atoms with Crippen LogP contribution in [0.3, 0.4) is 0 Å². The number of rotatable bonds is 3. The minimum absolute atomic E-state index is 0.198. The molecule has 0 saturated heterocycles. The fraction of sp³-hybridized carbons (Fsp3) is 0.500. The summed E-state index contributed by atoms with van der Waals surface area (Å²) in [5.41, 5.74) is 2.17. The largest absolute Gasteiger partial charge is 0.497 e. The van der Waals surface area contributed by atoms with Crippen LogP contribution in [0.15, 0.2) is 18.2 Å². The first-order chi connectivity index (χ1) is 8.67. The number of hydrogen-bond acceptors (Lipinski definition) is 4. The smallest absolute Gasteiger partial charge is 0.335 e. The highest BCUT2D eigenvalue weighted by Crippen LogP contribution is 2.36. The van der Waals surface area contributed by atoms with Gasteiger partial charge in [-0.3, -0.25) is 0 Å². The van der Waals surface area contributed by atoms with Crippen LogP contribution in [-0.2, 0) is 16.0 Å². The molecule has 98 valence electrons. The topological polar surface area (TPSA) is 55.8 Å². The first-order valence-corrected chi connectivity index (χ1v) is 6.10. The Kier molecular flexibility index (Phi) is 3.87. The number of ether oxygens (including phenoxy) is 2. The molecule has 0 heterocycles. The van der Waals surface area contributed by atoms with Crippen molar-refractivity contribution in [2.75, 3.05) is 14.2 Å². The van der Waals surface area contributed by atoms with Gasteiger partial charge in [0.1, 0.15) is 5.75 Å². The number of methoxy groups -OCH3 is 2. The SMILES string of the molecule is COC(=O)C(O)C1CCCc2ccc(OC)cc21. The second-order valence-corrected chi connectivity index (χ2v) is 4.53. The number of esters is 1. The van der Waals surface area contributed by atoms with Crippen LogP contribution in [0.1, 0.15) is 29.9 Å². The van der Waals surface area contributed by atoms with Gasteiger partial charge in [-0.15, -0.1) is 0 Å². The monoisotopic (exact) mass is 250 g/mol. The average molecular weight is 250 g/mol. The van der Waals surface area contributed by atoms with Gasteiger partial charge in [0.15, 0.2) is 6.10 Å². The number of carbonyl (C=O) groups excluding carboxylic acids is 1. The maximum absolute atomic E-state index is 11.5. The highest BCUT2D eigenvalue weighted by Gasteiger charge is 2.32. The van der Waals surface area contributed by atoms with E-state index >= 15 is 0 Å². The second kappa shape index (κ2) is 5.40. The van der Waals surface area contributed by atoms with Crippen LogP contribution >= 0.6 is 0 Å². The van der Waals surface area contributed by atoms with Crippen LogP contribution < -0.4 is 4.74 Å². The molecule has 2 atom stereocenters. The number of aryl methyl sites for hydroxylation is 1. The number of benzene rings is 1. The summed E-state index contributed by atoms with van der Waals surface area (Å²) in [5.74, 6) is -0.0234. The van der Waals surface area contributed by atoms with E-state index in [0.29, 0.717) is 0 Å². The van der Waals surface area contributed by atoms with Gasteiger partial charge in [0.05, 0.1) is 14.2 Å². The maximum Gasteiger partial charge on any atom is 0.335 e. The van der Waals surface area contributed by atoms with E-state index in [9.17, 15) is 9.90 Å². The quantitative estimate of drug-likeness (QED) is 0.829. The molecule has 2 unspecified atom stereocenters. The van der Waals surface area contributed by atoms with Crippen LogP contribution in [0.25, 0.3) is 0 Å². The molecule has 0 saturated carbocycles. The van der Waals surface area contributed by atoms with Crippen molar-refractivity contribution in [3.05, 3.63) is 29.3 Å². The van der Waals surface area contributed by atoms with Crippen molar-refractivity contribution >= 4 is 5.97 Å². The second-order valence-electron chi connectivity index (χ2n) is 4.53. The van der Waals surface area contributed by atoms with Crippen LogP contribution in [0, 0.1) is 0 Å². The third-order valence-corrected chi connectivity index (χ3v) is 3.54. The Balaban J connectivity index is 2.34. The Morgan fingerprint density at radius 2 is 2.22 bits per heavy atom. The third-order valence-electron chi connectivity index (χ3n) is 3.54. The molecule has 0 bridgehead atoms. The number of hydrogen-bond donors (Lipinski definition) is 1. The summed E-state index contributed by atoms with van der Waals surface area (Å²) in [4.78, 5) is 11.5. The first-order valence-electron chi connectivity index (χ1n) is 6.10. The molecule has 18 heavy (non-hydrogen) atoms. The van der Waals surface area contributed by atoms with Crippen LogP contribution in [-0.4, -0.2) is 31.4 Å². The van der Waals surface area contributed by atoms with Crippen molar-refractivity contribution < 1.29 is 19.4 Å². The zero-order valence-corrected chi connectivity index (χ0v) is 10.7. The lowest BCUT2D eigenvalue weighted by Gasteiger charge is -2.28. The van der Waals surface area contributed by atoms with E-state index in [0.717, 1.165) is 30.6 Å². The van der Waals surface area contributed by atoms with Gasteiger partial charge in [-0.25, -0.2) is 4.79 Å². The summed E-state index contributed by atoms with van der Waals surface area (Å²) in [6.07, 6.45) is 1.64. The summed E-state index contributed by atoms with van der Waals surface area (Å²) in [7, 11) is 2.90. The number of aliphatic hydroxyl groups is 1. The molecule has 0 spiro atoms. The van der Waals surface area contributed by atoms with E-state index in [4.69, 9.17) is 4.74 Å². The molecule has 1 aliphatic carbocycles. The van der Waals surface area contributed by atoms with Gasteiger partial charge in [0, 0.05) is 5.92 Å². The van der Waals surface area contributed by atoms with E-state index in [1.54, 1.807) is 7.11 Å². The number of carbonyl (C=O) groups is 1. The molecule has 0 aliphatic heterocycles. The van der Waals surface area contributed by atoms with Crippen molar-refractivity contribution in [2.24, 2.45) is 0 Å². The van der Waals surface area contributed by atoms with Gasteiger partial charge >= 0.3 is 5.97 Å². The van der Waals surface area contributed by atoms with Gasteiger partial charge < -0.3 is 14.6 Å². The van der Waals surface area contributed by atoms with Crippen molar-refractivity contribution in [3.8, 4) is 5.75 Å². The third kappa shape index (κ3) is 2.34. The summed E-state index contributed by atoms with van der Waals surface area (Å²) in [6, 6.07) is 5.82. The molecule has 0 fully saturated rings. The Morgan fingerprint density at radius 1 is 1.44 bits per heavy atom. The average Bonchev–Trinajstić information content (AvgIpc) is 2.44. The van der Waals surface area contributed by atoms with Crippen molar-refractivity contribution in [1.29, 1.82) is 0 Å². The van der Waals surface area contributed by atoms with Crippen LogP contribution in [0.2, 0.25) is 0 Å². The minimum atomic E-state index is -1.10. The minimum Gasteiger partial charge on any atom is -0.497 e. The predicted molar refractivity (Wildman–Crippen MR) is 66.7 cm³/mol. The van der Waals surface area contributed by atoms with Crippen LogP contribution in [0.4, 0.5) is 0 Å². The van der Waals surface area contributed by atoms with E-state index in [-0.39, 0.29) is 5.92 Å². The van der Waals surface area contributed by atoms with Crippen molar-refractivity contribution in [2.45, 2.75) is 31.3 Å². The predicted octanol–water partition coefficient (Wildman–Crippen LogP) is 1.65. The Hall–Kier alpha value is -1.55. The maximum atomic E-state index is 11.5. The van der Waals surface area contributed by atoms with Crippen molar-refractivity contribution in [3.63, 3.8) is 0 Å². The summed E-state index contributed by atoms with van der Waals surface area (Å²) in [5, 5.41) is 10.0. The molecule has 0 radical (unpaired) electrons. The van der Waals surface area contributed by atoms with E-state index in [1.807, 2.05) is 18.2 Å². The molecular formula is C14H18O4. The molecule has 1 N–H and O–H groups in total. The first kappa shape index (κ1) is 12.9. The summed E-state index contributed by atoms with van der Waals surface area (Å²) >= 11 is 0. The molecule has 2 rings (SSSR count). The lowest BCUT2D eigenvalue weighted by atomic mass is 9.79. The zero-order chi connectivity index (χ0) is 13.1. The van der Waals surface area contributed by atoms with Gasteiger partial charge in [-0.1, -0.05) is 6.07 Å². The highest BCUT2D eigenvalue weighted by atomic mass is 16.5. The summed E-state index contributed by atoms with van der Waals surface area (Å²) < 4.78 is 9.81. The number of aliphatic hydroxyl groups excluding tert-OH is 1. The van der Waals surface area contributed by atoms with Crippen LogP contribution in [0.5, 0.6) is 5.75 Å². The van der Waals surface area contributed by atoms with Gasteiger partial charge in [0.2, 0.25) is 0 Å². The van der Waals surface area contributed by atoms with E-state index < -0.39 is 12.1 Å². The highest BCUT2D eigenvalue weighted by molar-refractivity contribution is 5.75. The van der Waals surface area contributed by atoms with Gasteiger partial charge in [0.25, 0.3) is 0 Å². The molecule has 4 nitrogen and oxygen atoms in total.